The molecule has 0 aromatic carbocycles. The number of nitrogens with zero attached hydrogens (tertiary/aromatic N) is 1. The van der Waals surface area contributed by atoms with Gasteiger partial charge in [0.2, 0.25) is 0 Å². The lowest BCUT2D eigenvalue weighted by Gasteiger charge is -2.20. The third kappa shape index (κ3) is 3.69. The molecule has 3 N–H and O–H groups in total. The van der Waals surface area contributed by atoms with Crippen molar-refractivity contribution in [3.05, 3.63) is 10.6 Å². The molecule has 1 aromatic heterocycles. The highest BCUT2D eigenvalue weighted by Crippen LogP contribution is 2.30. The predicted octanol–water partition coefficient (Wildman–Crippen LogP) is 2.25. The minimum absolute atomic E-state index is 0.0538. The number of carboxylic acid groups (broad SMARTS) is 1. The number of aliphatic carboxylic acids is 1. The van der Waals surface area contributed by atoms with Crippen LogP contribution in [-0.4, -0.2) is 28.1 Å². The van der Waals surface area contributed by atoms with Crippen molar-refractivity contribution in [1.29, 1.82) is 0 Å². The summed E-state index contributed by atoms with van der Waals surface area (Å²) in [5, 5.41) is 14.8. The normalized spacial score (nSPS) is 14.9. The number of thiazole rings is 1. The highest BCUT2D eigenvalue weighted by Gasteiger charge is 2.21. The van der Waals surface area contributed by atoms with Crippen LogP contribution in [0.4, 0.5) is 9.93 Å². The van der Waals surface area contributed by atoms with Gasteiger partial charge in [0.05, 0.1) is 12.1 Å². The molecule has 1 aliphatic carbocycles. The third-order valence-electron chi connectivity index (χ3n) is 3.33. The predicted molar refractivity (Wildman–Crippen MR) is 77.2 cm³/mol. The number of carbonyl (C=O) groups is 2. The van der Waals surface area contributed by atoms with Gasteiger partial charge in [-0.2, -0.15) is 0 Å². The molecule has 1 aliphatic rings. The number of aromatic nitrogens is 1. The third-order valence-corrected chi connectivity index (χ3v) is 4.40. The SMILES string of the molecule is CC(C)C(CC(=O)O)NC(=O)Nc1nc2c(s1)CCC2. The number of amides is 2. The summed E-state index contributed by atoms with van der Waals surface area (Å²) in [4.78, 5) is 28.3. The fourth-order valence-corrected chi connectivity index (χ4v) is 3.23. The first-order valence-electron chi connectivity index (χ1n) is 6.73. The van der Waals surface area contributed by atoms with E-state index < -0.39 is 12.0 Å². The minimum atomic E-state index is -0.919. The highest BCUT2D eigenvalue weighted by molar-refractivity contribution is 7.15. The number of hydrogen-bond donors (Lipinski definition) is 3. The molecule has 6 nitrogen and oxygen atoms in total. The molecule has 110 valence electrons. The van der Waals surface area contributed by atoms with Gasteiger partial charge in [-0.05, 0) is 25.2 Å². The number of hydrogen-bond acceptors (Lipinski definition) is 4. The van der Waals surface area contributed by atoms with Crippen LogP contribution in [0.2, 0.25) is 0 Å². The maximum atomic E-state index is 11.9. The van der Waals surface area contributed by atoms with Gasteiger partial charge in [0, 0.05) is 10.9 Å². The maximum absolute atomic E-state index is 11.9. The van der Waals surface area contributed by atoms with Crippen molar-refractivity contribution in [3.63, 3.8) is 0 Å². The second-order valence-corrected chi connectivity index (χ2v) is 6.37. The molecule has 0 fully saturated rings. The van der Waals surface area contributed by atoms with Crippen molar-refractivity contribution < 1.29 is 14.7 Å². The van der Waals surface area contributed by atoms with Gasteiger partial charge in [0.25, 0.3) is 0 Å². The number of carbonyl (C=O) groups excluding carboxylic acids is 1. The molecule has 2 amide bonds. The van der Waals surface area contributed by atoms with Crippen molar-refractivity contribution in [2.45, 2.75) is 45.6 Å². The molecule has 0 bridgehead atoms. The summed E-state index contributed by atoms with van der Waals surface area (Å²) in [5.74, 6) is -0.865. The highest BCUT2D eigenvalue weighted by atomic mass is 32.1. The number of anilines is 1. The summed E-state index contributed by atoms with van der Waals surface area (Å²) < 4.78 is 0. The van der Waals surface area contributed by atoms with Crippen LogP contribution in [0.3, 0.4) is 0 Å². The van der Waals surface area contributed by atoms with Crippen molar-refractivity contribution >= 4 is 28.5 Å². The number of rotatable bonds is 5. The van der Waals surface area contributed by atoms with Gasteiger partial charge < -0.3 is 10.4 Å². The van der Waals surface area contributed by atoms with Gasteiger partial charge in [0.15, 0.2) is 5.13 Å². The second-order valence-electron chi connectivity index (χ2n) is 5.29. The monoisotopic (exact) mass is 297 g/mol. The summed E-state index contributed by atoms with van der Waals surface area (Å²) in [6, 6.07) is -0.781. The smallest absolute Gasteiger partial charge is 0.321 e. The topological polar surface area (TPSA) is 91.3 Å². The number of carboxylic acids is 1. The van der Waals surface area contributed by atoms with Crippen molar-refractivity contribution in [1.82, 2.24) is 10.3 Å². The second kappa shape index (κ2) is 6.21. The van der Waals surface area contributed by atoms with E-state index in [1.807, 2.05) is 13.8 Å². The van der Waals surface area contributed by atoms with Crippen LogP contribution in [0.5, 0.6) is 0 Å². The van der Waals surface area contributed by atoms with Crippen molar-refractivity contribution in [2.24, 2.45) is 5.92 Å². The lowest BCUT2D eigenvalue weighted by atomic mass is 10.0. The van der Waals surface area contributed by atoms with E-state index in [0.29, 0.717) is 5.13 Å². The van der Waals surface area contributed by atoms with Crippen LogP contribution in [-0.2, 0) is 17.6 Å². The first-order chi connectivity index (χ1) is 9.45. The summed E-state index contributed by atoms with van der Waals surface area (Å²) in [5.41, 5.74) is 1.08. The molecule has 20 heavy (non-hydrogen) atoms. The molecule has 0 saturated heterocycles. The summed E-state index contributed by atoms with van der Waals surface area (Å²) >= 11 is 1.50. The summed E-state index contributed by atoms with van der Waals surface area (Å²) in [6.07, 6.45) is 3.06. The van der Waals surface area contributed by atoms with Crippen LogP contribution < -0.4 is 10.6 Å². The number of aryl methyl sites for hydroxylation is 2. The maximum Gasteiger partial charge on any atom is 0.321 e. The zero-order valence-electron chi connectivity index (χ0n) is 11.6. The molecule has 1 atom stereocenters. The van der Waals surface area contributed by atoms with E-state index in [0.717, 1.165) is 25.0 Å². The molecule has 1 unspecified atom stereocenters. The molecular formula is C13H19N3O3S. The van der Waals surface area contributed by atoms with Crippen molar-refractivity contribution in [2.75, 3.05) is 5.32 Å². The number of urea groups is 1. The molecular weight excluding hydrogens is 278 g/mol. The van der Waals surface area contributed by atoms with E-state index in [1.165, 1.54) is 16.2 Å². The standard InChI is InChI=1S/C13H19N3O3S/c1-7(2)9(6-11(17)18)14-12(19)16-13-15-8-4-3-5-10(8)20-13/h7,9H,3-6H2,1-2H3,(H,17,18)(H2,14,15,16,19). The van der Waals surface area contributed by atoms with Gasteiger partial charge in [-0.15, -0.1) is 11.3 Å². The Hall–Kier alpha value is -1.63. The Balaban J connectivity index is 1.91. The van der Waals surface area contributed by atoms with E-state index in [4.69, 9.17) is 5.11 Å². The Bertz CT molecular complexity index is 491. The molecule has 7 heteroatoms. The Morgan fingerprint density at radius 2 is 2.15 bits per heavy atom. The largest absolute Gasteiger partial charge is 0.481 e. The Kier molecular flexibility index (Phi) is 4.59. The van der Waals surface area contributed by atoms with Crippen LogP contribution in [0.15, 0.2) is 0 Å². The minimum Gasteiger partial charge on any atom is -0.481 e. The fourth-order valence-electron chi connectivity index (χ4n) is 2.19. The Labute approximate surface area is 121 Å². The quantitative estimate of drug-likeness (QED) is 0.777. The first kappa shape index (κ1) is 14.8. The van der Waals surface area contributed by atoms with E-state index in [1.54, 1.807) is 0 Å². The van der Waals surface area contributed by atoms with Gasteiger partial charge in [0.1, 0.15) is 0 Å². The average Bonchev–Trinajstić information content (AvgIpc) is 2.87. The van der Waals surface area contributed by atoms with E-state index in [2.05, 4.69) is 15.6 Å². The molecule has 1 heterocycles. The first-order valence-corrected chi connectivity index (χ1v) is 7.55. The lowest BCUT2D eigenvalue weighted by molar-refractivity contribution is -0.137. The molecule has 0 aliphatic heterocycles. The van der Waals surface area contributed by atoms with Crippen LogP contribution in [0, 0.1) is 5.92 Å². The van der Waals surface area contributed by atoms with E-state index in [9.17, 15) is 9.59 Å². The zero-order valence-corrected chi connectivity index (χ0v) is 12.4. The average molecular weight is 297 g/mol. The molecule has 1 aromatic rings. The molecule has 0 spiro atoms. The van der Waals surface area contributed by atoms with Crippen molar-refractivity contribution in [3.8, 4) is 0 Å². The van der Waals surface area contributed by atoms with E-state index >= 15 is 0 Å². The van der Waals surface area contributed by atoms with E-state index in [-0.39, 0.29) is 18.4 Å². The van der Waals surface area contributed by atoms with Crippen LogP contribution in [0.25, 0.3) is 0 Å². The summed E-state index contributed by atoms with van der Waals surface area (Å²) in [6.45, 7) is 3.76. The van der Waals surface area contributed by atoms with Gasteiger partial charge >= 0.3 is 12.0 Å². The van der Waals surface area contributed by atoms with Crippen LogP contribution >= 0.6 is 11.3 Å². The summed E-state index contributed by atoms with van der Waals surface area (Å²) in [7, 11) is 0. The molecule has 2 rings (SSSR count). The van der Waals surface area contributed by atoms with Gasteiger partial charge in [-0.1, -0.05) is 13.8 Å². The zero-order chi connectivity index (χ0) is 14.7. The fraction of sp³-hybridized carbons (Fsp3) is 0.615. The molecule has 0 saturated carbocycles. The Morgan fingerprint density at radius 3 is 2.75 bits per heavy atom. The lowest BCUT2D eigenvalue weighted by Crippen LogP contribution is -2.42. The van der Waals surface area contributed by atoms with Gasteiger partial charge in [-0.25, -0.2) is 9.78 Å². The number of fused-ring (bicyclic) bond motifs is 1. The van der Waals surface area contributed by atoms with Crippen LogP contribution in [0.1, 0.15) is 37.3 Å². The Morgan fingerprint density at radius 1 is 1.40 bits per heavy atom. The number of nitrogens with one attached hydrogen (secondary N) is 2. The van der Waals surface area contributed by atoms with Gasteiger partial charge in [-0.3, -0.25) is 10.1 Å². The molecule has 0 radical (unpaired) electrons.